The first-order valence-electron chi connectivity index (χ1n) is 13.5. The summed E-state index contributed by atoms with van der Waals surface area (Å²) >= 11 is 0. The van der Waals surface area contributed by atoms with Crippen LogP contribution in [0, 0.1) is 52.8 Å². The molecule has 4 nitrogen and oxygen atoms in total. The van der Waals surface area contributed by atoms with Crippen LogP contribution < -0.4 is 0 Å². The highest BCUT2D eigenvalue weighted by Crippen LogP contribution is 2.68. The van der Waals surface area contributed by atoms with Crippen LogP contribution in [0.15, 0.2) is 0 Å². The molecule has 6 fully saturated rings. The Kier molecular flexibility index (Phi) is 4.94. The summed E-state index contributed by atoms with van der Waals surface area (Å²) in [5, 5.41) is 33.8. The first-order chi connectivity index (χ1) is 14.7. The predicted molar refractivity (Wildman–Crippen MR) is 121 cm³/mol. The second-order valence-corrected chi connectivity index (χ2v) is 13.3. The molecule has 4 aliphatic carbocycles. The average Bonchev–Trinajstić information content (AvgIpc) is 3.03. The van der Waals surface area contributed by atoms with Crippen molar-refractivity contribution in [1.82, 2.24) is 4.90 Å². The molecule has 4 saturated carbocycles. The second kappa shape index (κ2) is 7.17. The maximum atomic E-state index is 12.3. The molecule has 3 N–H and O–H groups in total. The zero-order valence-corrected chi connectivity index (χ0v) is 19.9. The van der Waals surface area contributed by atoms with Gasteiger partial charge in [0.2, 0.25) is 0 Å². The lowest BCUT2D eigenvalue weighted by atomic mass is 9.50. The smallest absolute Gasteiger partial charge is 0.0711 e. The number of aliphatic hydroxyl groups is 3. The van der Waals surface area contributed by atoms with Gasteiger partial charge in [0.1, 0.15) is 0 Å². The van der Waals surface area contributed by atoms with Crippen LogP contribution in [-0.4, -0.2) is 57.2 Å². The summed E-state index contributed by atoms with van der Waals surface area (Å²) in [5.41, 5.74) is -0.503. The Morgan fingerprint density at radius 3 is 2.39 bits per heavy atom. The van der Waals surface area contributed by atoms with Crippen molar-refractivity contribution in [3.8, 4) is 0 Å². The van der Waals surface area contributed by atoms with Gasteiger partial charge in [-0.25, -0.2) is 0 Å². The fourth-order valence-corrected chi connectivity index (χ4v) is 10.6. The fourth-order valence-electron chi connectivity index (χ4n) is 10.6. The Hall–Kier alpha value is -0.160. The molecule has 0 bridgehead atoms. The lowest BCUT2D eigenvalue weighted by Gasteiger charge is -2.59. The van der Waals surface area contributed by atoms with E-state index in [1.54, 1.807) is 0 Å². The Morgan fingerprint density at radius 2 is 1.58 bits per heavy atom. The largest absolute Gasteiger partial charge is 0.393 e. The van der Waals surface area contributed by atoms with Gasteiger partial charge in [0.05, 0.1) is 17.8 Å². The molecule has 0 amide bonds. The molecule has 0 aromatic heterocycles. The molecule has 0 aromatic rings. The van der Waals surface area contributed by atoms with Crippen molar-refractivity contribution < 1.29 is 15.3 Å². The van der Waals surface area contributed by atoms with Gasteiger partial charge in [-0.1, -0.05) is 20.8 Å². The normalized spacial score (nSPS) is 61.5. The predicted octanol–water partition coefficient (Wildman–Crippen LogP) is 3.68. The minimum Gasteiger partial charge on any atom is -0.393 e. The third-order valence-corrected chi connectivity index (χ3v) is 12.1. The first-order valence-corrected chi connectivity index (χ1v) is 13.5. The highest BCUT2D eigenvalue weighted by atomic mass is 16.3. The summed E-state index contributed by atoms with van der Waals surface area (Å²) in [6.45, 7) is 9.76. The highest BCUT2D eigenvalue weighted by molar-refractivity contribution is 5.17. The van der Waals surface area contributed by atoms with Crippen LogP contribution in [0.5, 0.6) is 0 Å². The monoisotopic (exact) mass is 431 g/mol. The Morgan fingerprint density at radius 1 is 0.774 bits per heavy atom. The molecular weight excluding hydrogens is 386 g/mol. The maximum Gasteiger partial charge on any atom is 0.0711 e. The van der Waals surface area contributed by atoms with Crippen molar-refractivity contribution in [2.75, 3.05) is 13.1 Å². The molecule has 31 heavy (non-hydrogen) atoms. The molecule has 0 aromatic carbocycles. The van der Waals surface area contributed by atoms with Gasteiger partial charge in [-0.2, -0.15) is 0 Å². The van der Waals surface area contributed by atoms with Gasteiger partial charge in [0.25, 0.3) is 0 Å². The lowest BCUT2D eigenvalue weighted by Crippen LogP contribution is -2.62. The zero-order valence-electron chi connectivity index (χ0n) is 19.9. The van der Waals surface area contributed by atoms with Crippen LogP contribution >= 0.6 is 0 Å². The molecule has 2 aliphatic heterocycles. The number of aliphatic hydroxyl groups excluding tert-OH is 2. The van der Waals surface area contributed by atoms with E-state index in [4.69, 9.17) is 0 Å². The summed E-state index contributed by atoms with van der Waals surface area (Å²) in [4.78, 5) is 2.81. The first kappa shape index (κ1) is 21.4. The van der Waals surface area contributed by atoms with Crippen LogP contribution in [0.1, 0.15) is 78.6 Å². The van der Waals surface area contributed by atoms with Gasteiger partial charge in [-0.15, -0.1) is 0 Å². The van der Waals surface area contributed by atoms with Crippen LogP contribution in [0.3, 0.4) is 0 Å². The van der Waals surface area contributed by atoms with E-state index < -0.39 is 5.60 Å². The van der Waals surface area contributed by atoms with Gasteiger partial charge in [-0.05, 0) is 111 Å². The third-order valence-electron chi connectivity index (χ3n) is 12.1. The molecule has 13 atom stereocenters. The second-order valence-electron chi connectivity index (χ2n) is 13.3. The fraction of sp³-hybridized carbons (Fsp3) is 1.00. The zero-order chi connectivity index (χ0) is 21.7. The van der Waals surface area contributed by atoms with Crippen LogP contribution in [-0.2, 0) is 0 Å². The highest BCUT2D eigenvalue weighted by Gasteiger charge is 2.67. The molecule has 2 saturated heterocycles. The molecule has 176 valence electrons. The Bertz CT molecular complexity index is 713. The van der Waals surface area contributed by atoms with Crippen molar-refractivity contribution >= 4 is 0 Å². The van der Waals surface area contributed by atoms with Gasteiger partial charge >= 0.3 is 0 Å². The average molecular weight is 432 g/mol. The van der Waals surface area contributed by atoms with Crippen molar-refractivity contribution in [2.45, 2.75) is 102 Å². The Balaban J connectivity index is 1.32. The van der Waals surface area contributed by atoms with E-state index in [9.17, 15) is 15.3 Å². The van der Waals surface area contributed by atoms with Gasteiger partial charge in [0.15, 0.2) is 0 Å². The number of piperidine rings is 2. The number of hydrogen-bond acceptors (Lipinski definition) is 4. The van der Waals surface area contributed by atoms with Crippen LogP contribution in [0.25, 0.3) is 0 Å². The SMILES string of the molecule is C[C@@H]1CC[C@H]2[C@H](C)[C@H]3CC[C@]4(O)[C@@H](C[C@H]5[C@@H]4C[C@@H](O)[C@H]4C[C@H](O)CC[C@@]45C)[C@@H]3CN2C1. The van der Waals surface area contributed by atoms with Crippen molar-refractivity contribution in [3.63, 3.8) is 0 Å². The minimum absolute atomic E-state index is 0.0760. The van der Waals surface area contributed by atoms with Crippen molar-refractivity contribution in [3.05, 3.63) is 0 Å². The Labute approximate surface area is 188 Å². The topological polar surface area (TPSA) is 63.9 Å². The van der Waals surface area contributed by atoms with E-state index in [0.29, 0.717) is 17.8 Å². The molecule has 0 unspecified atom stereocenters. The van der Waals surface area contributed by atoms with E-state index in [1.807, 2.05) is 0 Å². The molecule has 4 heteroatoms. The molecular formula is C27H45NO3. The number of rotatable bonds is 0. The summed E-state index contributed by atoms with van der Waals surface area (Å²) in [6, 6.07) is 0.760. The summed E-state index contributed by atoms with van der Waals surface area (Å²) < 4.78 is 0. The maximum absolute atomic E-state index is 12.3. The molecule has 6 aliphatic rings. The minimum atomic E-state index is -0.579. The number of fused-ring (bicyclic) bond motifs is 8. The van der Waals surface area contributed by atoms with E-state index in [1.165, 1.54) is 32.4 Å². The van der Waals surface area contributed by atoms with E-state index >= 15 is 0 Å². The summed E-state index contributed by atoms with van der Waals surface area (Å²) in [5.74, 6) is 4.30. The molecule has 2 heterocycles. The standard InChI is InChI=1S/C27H45NO3/c1-15-4-5-24-16(2)18-7-9-27(31)20(19(18)14-28(24)13-15)11-21-22(27)12-25(30)23-10-17(29)6-8-26(21,23)3/h15-25,29-31H,4-14H2,1-3H3/t15-,16-,17-,18-,19-,20+,21+,22+,23-,24+,25-,26-,27+/m1/s1. The van der Waals surface area contributed by atoms with E-state index in [0.717, 1.165) is 62.3 Å². The molecule has 0 radical (unpaired) electrons. The van der Waals surface area contributed by atoms with Gasteiger partial charge in [-0.3, -0.25) is 4.90 Å². The molecule has 6 rings (SSSR count). The molecule has 0 spiro atoms. The van der Waals surface area contributed by atoms with Crippen LogP contribution in [0.4, 0.5) is 0 Å². The summed E-state index contributed by atoms with van der Waals surface area (Å²) in [6.07, 6.45) is 8.78. The van der Waals surface area contributed by atoms with Crippen molar-refractivity contribution in [1.29, 1.82) is 0 Å². The van der Waals surface area contributed by atoms with E-state index in [-0.39, 0.29) is 29.5 Å². The number of hydrogen-bond donors (Lipinski definition) is 3. The van der Waals surface area contributed by atoms with Gasteiger partial charge < -0.3 is 15.3 Å². The lowest BCUT2D eigenvalue weighted by molar-refractivity contribution is -0.176. The van der Waals surface area contributed by atoms with E-state index in [2.05, 4.69) is 25.7 Å². The van der Waals surface area contributed by atoms with Gasteiger partial charge in [0, 0.05) is 19.1 Å². The van der Waals surface area contributed by atoms with Crippen LogP contribution in [0.2, 0.25) is 0 Å². The van der Waals surface area contributed by atoms with Crippen molar-refractivity contribution in [2.24, 2.45) is 52.8 Å². The third kappa shape index (κ3) is 2.93. The quantitative estimate of drug-likeness (QED) is 0.547. The summed E-state index contributed by atoms with van der Waals surface area (Å²) in [7, 11) is 0. The number of nitrogens with zero attached hydrogens (tertiary/aromatic N) is 1.